The van der Waals surface area contributed by atoms with E-state index in [-0.39, 0.29) is 11.7 Å². The number of amides is 1. The molecule has 0 radical (unpaired) electrons. The van der Waals surface area contributed by atoms with Gasteiger partial charge in [-0.05, 0) is 31.2 Å². The van der Waals surface area contributed by atoms with Crippen LogP contribution in [0.4, 0.5) is 5.69 Å². The summed E-state index contributed by atoms with van der Waals surface area (Å²) in [5.74, 6) is -3.11. The molecule has 0 unspecified atom stereocenters. The summed E-state index contributed by atoms with van der Waals surface area (Å²) in [6.45, 7) is 1.46. The number of nitrogens with one attached hydrogen (secondary N) is 1. The van der Waals surface area contributed by atoms with Crippen molar-refractivity contribution in [1.29, 1.82) is 0 Å². The van der Waals surface area contributed by atoms with E-state index in [0.717, 1.165) is 0 Å². The Morgan fingerprint density at radius 1 is 1.05 bits per heavy atom. The molecule has 2 bridgehead atoms. The first-order chi connectivity index (χ1) is 10.5. The zero-order valence-electron chi connectivity index (χ0n) is 11.9. The number of benzene rings is 1. The Hall–Kier alpha value is -2.47. The second-order valence-corrected chi connectivity index (χ2v) is 5.46. The molecule has 1 fully saturated rings. The Kier molecular flexibility index (Phi) is 3.54. The van der Waals surface area contributed by atoms with Crippen LogP contribution in [-0.2, 0) is 14.3 Å². The third-order valence-electron chi connectivity index (χ3n) is 4.05. The van der Waals surface area contributed by atoms with Gasteiger partial charge in [-0.25, -0.2) is 0 Å². The third-order valence-corrected chi connectivity index (χ3v) is 4.05. The molecule has 1 saturated heterocycles. The standard InChI is InChI=1S/C16H15NO5/c1-8(18)9-2-4-10(5-3-9)17-15(19)13-11-6-7-12(22-11)14(13)16(20)21/h2-7,11-14H,1H3,(H,17,19)(H,20,21)/t11-,12+,13-,14+/m1/s1. The van der Waals surface area contributed by atoms with Crippen molar-refractivity contribution in [2.24, 2.45) is 11.8 Å². The fourth-order valence-electron chi connectivity index (χ4n) is 2.93. The second kappa shape index (κ2) is 5.38. The normalized spacial score (nSPS) is 28.6. The highest BCUT2D eigenvalue weighted by Crippen LogP contribution is 2.39. The average molecular weight is 301 g/mol. The van der Waals surface area contributed by atoms with Gasteiger partial charge in [0, 0.05) is 11.3 Å². The van der Waals surface area contributed by atoms with Gasteiger partial charge in [-0.15, -0.1) is 0 Å². The molecule has 22 heavy (non-hydrogen) atoms. The predicted octanol–water partition coefficient (Wildman–Crippen LogP) is 1.48. The first-order valence-corrected chi connectivity index (χ1v) is 6.96. The van der Waals surface area contributed by atoms with Crippen molar-refractivity contribution in [3.8, 4) is 0 Å². The van der Waals surface area contributed by atoms with E-state index >= 15 is 0 Å². The number of rotatable bonds is 4. The smallest absolute Gasteiger partial charge is 0.310 e. The lowest BCUT2D eigenvalue weighted by molar-refractivity contribution is -0.145. The lowest BCUT2D eigenvalue weighted by atomic mass is 9.82. The van der Waals surface area contributed by atoms with Crippen LogP contribution in [0.5, 0.6) is 0 Å². The Morgan fingerprint density at radius 2 is 1.64 bits per heavy atom. The molecule has 0 saturated carbocycles. The van der Waals surface area contributed by atoms with Gasteiger partial charge < -0.3 is 15.2 Å². The highest BCUT2D eigenvalue weighted by molar-refractivity contribution is 5.98. The molecule has 2 aliphatic rings. The van der Waals surface area contributed by atoms with Crippen molar-refractivity contribution in [1.82, 2.24) is 0 Å². The first-order valence-electron chi connectivity index (χ1n) is 6.96. The SMILES string of the molecule is CC(=O)c1ccc(NC(=O)[C@H]2[C@@H](C(=O)O)[C@@H]3C=C[C@H]2O3)cc1. The van der Waals surface area contributed by atoms with Crippen molar-refractivity contribution in [2.45, 2.75) is 19.1 Å². The molecule has 4 atom stereocenters. The predicted molar refractivity (Wildman–Crippen MR) is 77.5 cm³/mol. The molecular weight excluding hydrogens is 286 g/mol. The highest BCUT2D eigenvalue weighted by Gasteiger charge is 2.53. The fourth-order valence-corrected chi connectivity index (χ4v) is 2.93. The van der Waals surface area contributed by atoms with E-state index in [2.05, 4.69) is 5.32 Å². The maximum atomic E-state index is 12.4. The van der Waals surface area contributed by atoms with Crippen LogP contribution in [0.3, 0.4) is 0 Å². The van der Waals surface area contributed by atoms with Crippen LogP contribution < -0.4 is 5.32 Å². The summed E-state index contributed by atoms with van der Waals surface area (Å²) in [6, 6.07) is 6.47. The number of carboxylic acids is 1. The first kappa shape index (κ1) is 14.5. The van der Waals surface area contributed by atoms with E-state index in [1.165, 1.54) is 6.92 Å². The number of carbonyl (C=O) groups is 3. The van der Waals surface area contributed by atoms with E-state index in [1.807, 2.05) is 0 Å². The van der Waals surface area contributed by atoms with Crippen LogP contribution in [0.15, 0.2) is 36.4 Å². The molecule has 1 aromatic rings. The van der Waals surface area contributed by atoms with Crippen molar-refractivity contribution >= 4 is 23.3 Å². The van der Waals surface area contributed by atoms with Crippen molar-refractivity contribution < 1.29 is 24.2 Å². The number of aliphatic carboxylic acids is 1. The van der Waals surface area contributed by atoms with Gasteiger partial charge in [0.1, 0.15) is 5.92 Å². The molecule has 1 amide bonds. The number of ether oxygens (including phenoxy) is 1. The van der Waals surface area contributed by atoms with Gasteiger partial charge in [0.05, 0.1) is 18.1 Å². The molecule has 114 valence electrons. The summed E-state index contributed by atoms with van der Waals surface area (Å²) in [5.41, 5.74) is 1.07. The largest absolute Gasteiger partial charge is 0.481 e. The van der Waals surface area contributed by atoms with Gasteiger partial charge in [0.25, 0.3) is 0 Å². The van der Waals surface area contributed by atoms with Crippen LogP contribution >= 0.6 is 0 Å². The molecule has 6 heteroatoms. The van der Waals surface area contributed by atoms with Gasteiger partial charge >= 0.3 is 5.97 Å². The molecule has 2 aliphatic heterocycles. The third kappa shape index (κ3) is 2.42. The zero-order chi connectivity index (χ0) is 15.9. The summed E-state index contributed by atoms with van der Waals surface area (Å²) in [5, 5.41) is 12.0. The topological polar surface area (TPSA) is 92.7 Å². The Bertz CT molecular complexity index is 664. The zero-order valence-corrected chi connectivity index (χ0v) is 11.9. The van der Waals surface area contributed by atoms with Crippen molar-refractivity contribution in [3.05, 3.63) is 42.0 Å². The molecular formula is C16H15NO5. The number of hydrogen-bond donors (Lipinski definition) is 2. The van der Waals surface area contributed by atoms with E-state index in [1.54, 1.807) is 36.4 Å². The van der Waals surface area contributed by atoms with E-state index in [4.69, 9.17) is 4.74 Å². The number of Topliss-reactive ketones (excluding diaryl/α,β-unsaturated/α-hetero) is 1. The number of carboxylic acid groups (broad SMARTS) is 1. The van der Waals surface area contributed by atoms with E-state index in [9.17, 15) is 19.5 Å². The number of carbonyl (C=O) groups excluding carboxylic acids is 2. The maximum Gasteiger partial charge on any atom is 0.310 e. The van der Waals surface area contributed by atoms with Gasteiger partial charge in [0.15, 0.2) is 5.78 Å². The quantitative estimate of drug-likeness (QED) is 0.649. The van der Waals surface area contributed by atoms with E-state index in [0.29, 0.717) is 11.3 Å². The number of ketones is 1. The Morgan fingerprint density at radius 3 is 2.18 bits per heavy atom. The highest BCUT2D eigenvalue weighted by atomic mass is 16.5. The van der Waals surface area contributed by atoms with Gasteiger partial charge in [0.2, 0.25) is 5.91 Å². The van der Waals surface area contributed by atoms with Crippen molar-refractivity contribution in [2.75, 3.05) is 5.32 Å². The van der Waals surface area contributed by atoms with Gasteiger partial charge in [-0.2, -0.15) is 0 Å². The van der Waals surface area contributed by atoms with Gasteiger partial charge in [-0.3, -0.25) is 14.4 Å². The average Bonchev–Trinajstić information content (AvgIpc) is 3.08. The molecule has 0 aromatic heterocycles. The maximum absolute atomic E-state index is 12.4. The van der Waals surface area contributed by atoms with Crippen LogP contribution in [0.25, 0.3) is 0 Å². The minimum atomic E-state index is -1.04. The fraction of sp³-hybridized carbons (Fsp3) is 0.312. The van der Waals surface area contributed by atoms with Crippen LogP contribution in [0, 0.1) is 11.8 Å². The molecule has 0 aliphatic carbocycles. The Labute approximate surface area is 126 Å². The summed E-state index contributed by atoms with van der Waals surface area (Å²) in [6.07, 6.45) is 2.38. The summed E-state index contributed by atoms with van der Waals surface area (Å²) < 4.78 is 5.47. The summed E-state index contributed by atoms with van der Waals surface area (Å²) in [7, 11) is 0. The van der Waals surface area contributed by atoms with Crippen LogP contribution in [0.2, 0.25) is 0 Å². The summed E-state index contributed by atoms with van der Waals surface area (Å²) >= 11 is 0. The number of fused-ring (bicyclic) bond motifs is 2. The number of anilines is 1. The van der Waals surface area contributed by atoms with Crippen molar-refractivity contribution in [3.63, 3.8) is 0 Å². The minimum Gasteiger partial charge on any atom is -0.481 e. The van der Waals surface area contributed by atoms with Crippen LogP contribution in [0.1, 0.15) is 17.3 Å². The lowest BCUT2D eigenvalue weighted by Crippen LogP contribution is -2.39. The molecule has 6 nitrogen and oxygen atoms in total. The van der Waals surface area contributed by atoms with Gasteiger partial charge in [-0.1, -0.05) is 12.2 Å². The molecule has 3 rings (SSSR count). The minimum absolute atomic E-state index is 0.0598. The molecule has 2 heterocycles. The van der Waals surface area contributed by atoms with E-state index < -0.39 is 30.0 Å². The molecule has 0 spiro atoms. The monoisotopic (exact) mass is 301 g/mol. The second-order valence-electron chi connectivity index (χ2n) is 5.46. The van der Waals surface area contributed by atoms with Crippen LogP contribution in [-0.4, -0.2) is 35.0 Å². The molecule has 2 N–H and O–H groups in total. The molecule has 1 aromatic carbocycles. The number of hydrogen-bond acceptors (Lipinski definition) is 4. The Balaban J connectivity index is 1.75. The lowest BCUT2D eigenvalue weighted by Gasteiger charge is -2.21. The summed E-state index contributed by atoms with van der Waals surface area (Å²) in [4.78, 5) is 34.9.